The van der Waals surface area contributed by atoms with E-state index in [9.17, 15) is 19.5 Å². The minimum Gasteiger partial charge on any atom is -0.506 e. The van der Waals surface area contributed by atoms with Gasteiger partial charge in [0.05, 0.1) is 34.5 Å². The fourth-order valence-electron chi connectivity index (χ4n) is 4.62. The average molecular weight is 725 g/mol. The van der Waals surface area contributed by atoms with Crippen LogP contribution in [0.5, 0.6) is 11.5 Å². The highest BCUT2D eigenvalue weighted by Crippen LogP contribution is 2.30. The molecule has 2 aromatic rings. The number of esters is 1. The number of nitrogens with two attached hydrogens (primary N) is 2. The molecule has 4 rings (SSSR count). The number of hydrazone groups is 1. The summed E-state index contributed by atoms with van der Waals surface area (Å²) in [7, 11) is 3.91. The zero-order chi connectivity index (χ0) is 34.8. The Balaban J connectivity index is 0.000000361. The van der Waals surface area contributed by atoms with Gasteiger partial charge in [0.1, 0.15) is 17.5 Å². The molecule has 12 nitrogen and oxygen atoms in total. The van der Waals surface area contributed by atoms with E-state index in [1.165, 1.54) is 36.9 Å². The van der Waals surface area contributed by atoms with Crippen molar-refractivity contribution in [3.63, 3.8) is 0 Å². The van der Waals surface area contributed by atoms with Gasteiger partial charge in [-0.05, 0) is 84.1 Å². The second-order valence-electron chi connectivity index (χ2n) is 10.2. The number of carbonyl (C=O) groups excluding carboxylic acids is 3. The summed E-state index contributed by atoms with van der Waals surface area (Å²) in [6.07, 6.45) is 8.10. The molecule has 2 heterocycles. The summed E-state index contributed by atoms with van der Waals surface area (Å²) < 4.78 is 4.97. The minimum absolute atomic E-state index is 0.0127. The Morgan fingerprint density at radius 1 is 0.891 bits per heavy atom. The largest absolute Gasteiger partial charge is 0.506 e. The lowest BCUT2D eigenvalue weighted by Crippen LogP contribution is -2.46. The molecule has 0 bridgehead atoms. The number of aromatic hydroxyl groups is 2. The second-order valence-corrected chi connectivity index (χ2v) is 11.9. The summed E-state index contributed by atoms with van der Waals surface area (Å²) >= 11 is 22.7. The van der Waals surface area contributed by atoms with Crippen LogP contribution in [0.4, 0.5) is 0 Å². The smallest absolute Gasteiger partial charge is 0.323 e. The summed E-state index contributed by atoms with van der Waals surface area (Å²) in [5, 5.41) is 23.7. The molecule has 1 amide bonds. The number of piperidine rings is 2. The Hall–Kier alpha value is -2.68. The highest BCUT2D eigenvalue weighted by Gasteiger charge is 2.27. The average Bonchev–Trinajstić information content (AvgIpc) is 3.03. The first-order valence-electron chi connectivity index (χ1n) is 14.4. The van der Waals surface area contributed by atoms with Crippen LogP contribution in [0.2, 0.25) is 20.1 Å². The maximum absolute atomic E-state index is 12.0. The monoisotopic (exact) mass is 722 g/mol. The molecule has 2 unspecified atom stereocenters. The standard InChI is InChI=1S/C14H17Cl2N3O2.C9H17NO2.C7H4Cl2O2.H4N2/c1-19-5-3-2-4-12(19)14(21)18-17-8-9-6-10(15)7-11(16)13(9)20;1-3-12-9(11)8-6-4-5-7-10(8)2;8-5-1-4(3-10)7(11)6(9)2-5;1-2/h6-8,12,20H,2-5H2,1H3,(H,18,21);8H,3-7H2,1-2H3;1-3,11H;1-2H2/b17-8+;;;. The highest BCUT2D eigenvalue weighted by atomic mass is 35.5. The first-order chi connectivity index (χ1) is 21.9. The number of benzene rings is 2. The molecule has 2 aliphatic rings. The molecule has 2 atom stereocenters. The van der Waals surface area contributed by atoms with Gasteiger partial charge in [0.15, 0.2) is 6.29 Å². The van der Waals surface area contributed by atoms with E-state index in [4.69, 9.17) is 56.2 Å². The van der Waals surface area contributed by atoms with Gasteiger partial charge in [-0.15, -0.1) is 0 Å². The summed E-state index contributed by atoms with van der Waals surface area (Å²) in [5.74, 6) is 7.45. The van der Waals surface area contributed by atoms with E-state index in [0.717, 1.165) is 45.2 Å². The van der Waals surface area contributed by atoms with Crippen LogP contribution in [0, 0.1) is 0 Å². The Kier molecular flexibility index (Phi) is 19.8. The maximum atomic E-state index is 12.0. The van der Waals surface area contributed by atoms with Crippen LogP contribution in [0.3, 0.4) is 0 Å². The molecule has 2 fully saturated rings. The van der Waals surface area contributed by atoms with Crippen molar-refractivity contribution in [3.05, 3.63) is 55.5 Å². The lowest BCUT2D eigenvalue weighted by atomic mass is 10.0. The van der Waals surface area contributed by atoms with E-state index in [1.807, 2.05) is 25.9 Å². The fraction of sp³-hybridized carbons (Fsp3) is 0.467. The van der Waals surface area contributed by atoms with Crippen molar-refractivity contribution >= 4 is 70.8 Å². The van der Waals surface area contributed by atoms with Crippen molar-refractivity contribution in [2.24, 2.45) is 16.8 Å². The number of hydrogen-bond acceptors (Lipinski definition) is 11. The molecule has 0 spiro atoms. The van der Waals surface area contributed by atoms with E-state index < -0.39 is 0 Å². The molecule has 0 radical (unpaired) electrons. The van der Waals surface area contributed by atoms with E-state index >= 15 is 0 Å². The number of hydrazine groups is 1. The van der Waals surface area contributed by atoms with Gasteiger partial charge >= 0.3 is 5.97 Å². The molecule has 0 aromatic heterocycles. The molecular weight excluding hydrogens is 682 g/mol. The molecule has 256 valence electrons. The normalized spacial score (nSPS) is 18.1. The molecule has 0 aliphatic carbocycles. The quantitative estimate of drug-likeness (QED) is 0.0894. The predicted octanol–water partition coefficient (Wildman–Crippen LogP) is 5.00. The van der Waals surface area contributed by atoms with Gasteiger partial charge in [-0.25, -0.2) is 5.43 Å². The summed E-state index contributed by atoms with van der Waals surface area (Å²) in [6, 6.07) is 5.52. The molecule has 7 N–H and O–H groups in total. The van der Waals surface area contributed by atoms with Crippen LogP contribution in [0.25, 0.3) is 0 Å². The SMILES string of the molecule is CCOC(=O)C1CCCCN1C.CN1CCCCC1C(=O)N/N=C/c1cc(Cl)cc(Cl)c1O.NN.O=Cc1cc(Cl)cc(Cl)c1O. The number of carbonyl (C=O) groups is 3. The Labute approximate surface area is 289 Å². The highest BCUT2D eigenvalue weighted by molar-refractivity contribution is 6.36. The lowest BCUT2D eigenvalue weighted by Gasteiger charge is -2.30. The first kappa shape index (κ1) is 41.3. The molecule has 16 heteroatoms. The first-order valence-corrected chi connectivity index (χ1v) is 15.9. The third kappa shape index (κ3) is 13.6. The topological polar surface area (TPSA) is 184 Å². The van der Waals surface area contributed by atoms with Crippen LogP contribution in [-0.2, 0) is 14.3 Å². The number of ether oxygens (including phenoxy) is 1. The van der Waals surface area contributed by atoms with Crippen LogP contribution in [-0.4, -0.2) is 90.3 Å². The van der Waals surface area contributed by atoms with Gasteiger partial charge in [0.25, 0.3) is 5.91 Å². The number of phenols is 2. The van der Waals surface area contributed by atoms with Gasteiger partial charge in [0.2, 0.25) is 0 Å². The number of halogens is 4. The van der Waals surface area contributed by atoms with Gasteiger partial charge in [0, 0.05) is 15.6 Å². The number of phenolic OH excluding ortho intramolecular Hbond substituents is 2. The summed E-state index contributed by atoms with van der Waals surface area (Å²) in [6.45, 7) is 4.26. The summed E-state index contributed by atoms with van der Waals surface area (Å²) in [5.41, 5.74) is 2.94. The minimum atomic E-state index is -0.230. The van der Waals surface area contributed by atoms with E-state index in [1.54, 1.807) is 0 Å². The number of likely N-dealkylation sites (tertiary alicyclic amines) is 2. The molecule has 2 aliphatic heterocycles. The predicted molar refractivity (Wildman–Crippen MR) is 183 cm³/mol. The number of hydrogen-bond donors (Lipinski definition) is 5. The van der Waals surface area contributed by atoms with Gasteiger partial charge in [-0.3, -0.25) is 35.9 Å². The van der Waals surface area contributed by atoms with Crippen molar-refractivity contribution in [1.29, 1.82) is 0 Å². The zero-order valence-corrected chi connectivity index (χ0v) is 29.0. The molecule has 0 saturated carbocycles. The second kappa shape index (κ2) is 22.0. The van der Waals surface area contributed by atoms with Gasteiger partial charge in [-0.1, -0.05) is 59.2 Å². The number of rotatable bonds is 6. The third-order valence-corrected chi connectivity index (χ3v) is 8.04. The molecule has 2 aromatic carbocycles. The van der Waals surface area contributed by atoms with Crippen LogP contribution < -0.4 is 17.1 Å². The van der Waals surface area contributed by atoms with Crippen molar-refractivity contribution in [2.45, 2.75) is 57.5 Å². The van der Waals surface area contributed by atoms with Crippen molar-refractivity contribution in [3.8, 4) is 11.5 Å². The van der Waals surface area contributed by atoms with Gasteiger partial charge < -0.3 is 14.9 Å². The van der Waals surface area contributed by atoms with Gasteiger partial charge in [-0.2, -0.15) is 5.10 Å². The number of likely N-dealkylation sites (N-methyl/N-ethyl adjacent to an activating group) is 2. The van der Waals surface area contributed by atoms with Crippen LogP contribution >= 0.6 is 46.4 Å². The maximum Gasteiger partial charge on any atom is 0.323 e. The van der Waals surface area contributed by atoms with E-state index in [-0.39, 0.29) is 51.1 Å². The number of nitrogens with one attached hydrogen (secondary N) is 1. The number of aldehydes is 1. The molecular formula is C30H42Cl4N6O6. The van der Waals surface area contributed by atoms with E-state index in [0.29, 0.717) is 28.5 Å². The molecule has 46 heavy (non-hydrogen) atoms. The van der Waals surface area contributed by atoms with Crippen molar-refractivity contribution in [1.82, 2.24) is 15.2 Å². The Morgan fingerprint density at radius 3 is 1.85 bits per heavy atom. The van der Waals surface area contributed by atoms with Crippen LogP contribution in [0.1, 0.15) is 61.4 Å². The Bertz CT molecular complexity index is 1320. The number of amides is 1. The van der Waals surface area contributed by atoms with Crippen molar-refractivity contribution in [2.75, 3.05) is 33.8 Å². The van der Waals surface area contributed by atoms with Crippen LogP contribution in [0.15, 0.2) is 29.4 Å². The zero-order valence-electron chi connectivity index (χ0n) is 26.0. The third-order valence-electron chi connectivity index (χ3n) is 7.02. The van der Waals surface area contributed by atoms with E-state index in [2.05, 4.69) is 27.1 Å². The molecule has 2 saturated heterocycles. The number of nitrogens with zero attached hydrogens (tertiary/aromatic N) is 3. The lowest BCUT2D eigenvalue weighted by molar-refractivity contribution is -0.150. The Morgan fingerprint density at radius 2 is 1.37 bits per heavy atom. The fourth-order valence-corrected chi connectivity index (χ4v) is 5.64. The van der Waals surface area contributed by atoms with Crippen molar-refractivity contribution < 1.29 is 29.3 Å². The summed E-state index contributed by atoms with van der Waals surface area (Å²) in [4.78, 5) is 37.7.